The average molecular weight is 325 g/mol. The van der Waals surface area contributed by atoms with E-state index in [1.165, 1.54) is 5.54 Å². The number of anilines is 1. The third-order valence-electron chi connectivity index (χ3n) is 1.43. The Balaban J connectivity index is 2.69. The number of rotatable bonds is 3. The van der Waals surface area contributed by atoms with Gasteiger partial charge < -0.3 is 5.32 Å². The zero-order valence-corrected chi connectivity index (χ0v) is 10.7. The molecule has 0 spiro atoms. The molecule has 0 saturated carbocycles. The SMILES string of the molecule is Cl/C=C/CNc1cc(Br)ccc1Br. The fraction of sp³-hybridized carbons (Fsp3) is 0.111. The molecule has 1 nitrogen and oxygen atoms in total. The summed E-state index contributed by atoms with van der Waals surface area (Å²) in [5.41, 5.74) is 2.54. The molecule has 1 aromatic carbocycles. The second-order valence-electron chi connectivity index (χ2n) is 2.37. The third kappa shape index (κ3) is 3.71. The van der Waals surface area contributed by atoms with Crippen molar-refractivity contribution in [3.8, 4) is 0 Å². The van der Waals surface area contributed by atoms with Crippen LogP contribution in [0.15, 0.2) is 38.8 Å². The lowest BCUT2D eigenvalue weighted by molar-refractivity contribution is 1.33. The second-order valence-corrected chi connectivity index (χ2v) is 4.39. The van der Waals surface area contributed by atoms with Crippen molar-refractivity contribution in [3.05, 3.63) is 38.8 Å². The van der Waals surface area contributed by atoms with Crippen molar-refractivity contribution in [1.82, 2.24) is 0 Å². The van der Waals surface area contributed by atoms with Crippen LogP contribution in [0, 0.1) is 0 Å². The van der Waals surface area contributed by atoms with Gasteiger partial charge in [-0.25, -0.2) is 0 Å². The largest absolute Gasteiger partial charge is 0.381 e. The number of hydrogen-bond donors (Lipinski definition) is 1. The van der Waals surface area contributed by atoms with Crippen LogP contribution in [-0.2, 0) is 0 Å². The zero-order valence-electron chi connectivity index (χ0n) is 6.73. The number of halogens is 3. The Kier molecular flexibility index (Phi) is 4.84. The lowest BCUT2D eigenvalue weighted by Gasteiger charge is -2.06. The van der Waals surface area contributed by atoms with E-state index in [0.717, 1.165) is 21.2 Å². The van der Waals surface area contributed by atoms with Crippen molar-refractivity contribution >= 4 is 49.1 Å². The second kappa shape index (κ2) is 5.68. The monoisotopic (exact) mass is 323 g/mol. The maximum absolute atomic E-state index is 5.40. The quantitative estimate of drug-likeness (QED) is 0.870. The number of nitrogens with one attached hydrogen (secondary N) is 1. The predicted octanol–water partition coefficient (Wildman–Crippen LogP) is 4.38. The van der Waals surface area contributed by atoms with Crippen molar-refractivity contribution < 1.29 is 0 Å². The standard InChI is InChI=1S/C9H8Br2ClN/c10-7-2-3-8(11)9(6-7)13-5-1-4-12/h1-4,6,13H,5H2/b4-1+. The zero-order chi connectivity index (χ0) is 9.68. The van der Waals surface area contributed by atoms with E-state index in [1.54, 1.807) is 0 Å². The summed E-state index contributed by atoms with van der Waals surface area (Å²) >= 11 is 12.2. The summed E-state index contributed by atoms with van der Waals surface area (Å²) in [7, 11) is 0. The van der Waals surface area contributed by atoms with Gasteiger partial charge in [0.1, 0.15) is 0 Å². The highest BCUT2D eigenvalue weighted by Crippen LogP contribution is 2.25. The molecule has 13 heavy (non-hydrogen) atoms. The van der Waals surface area contributed by atoms with Gasteiger partial charge in [-0.2, -0.15) is 0 Å². The highest BCUT2D eigenvalue weighted by atomic mass is 79.9. The molecule has 0 aliphatic carbocycles. The number of hydrogen-bond acceptors (Lipinski definition) is 1. The van der Waals surface area contributed by atoms with Crippen molar-refractivity contribution in [2.75, 3.05) is 11.9 Å². The minimum Gasteiger partial charge on any atom is -0.381 e. The smallest absolute Gasteiger partial charge is 0.0498 e. The number of benzene rings is 1. The van der Waals surface area contributed by atoms with Crippen LogP contribution in [0.2, 0.25) is 0 Å². The normalized spacial score (nSPS) is 10.7. The Bertz CT molecular complexity index is 312. The first-order chi connectivity index (χ1) is 6.24. The minimum absolute atomic E-state index is 0.721. The topological polar surface area (TPSA) is 12.0 Å². The van der Waals surface area contributed by atoms with Crippen LogP contribution in [0.3, 0.4) is 0 Å². The Morgan fingerprint density at radius 2 is 2.15 bits per heavy atom. The van der Waals surface area contributed by atoms with Crippen molar-refractivity contribution in [3.63, 3.8) is 0 Å². The van der Waals surface area contributed by atoms with Crippen LogP contribution in [0.5, 0.6) is 0 Å². The molecule has 1 N–H and O–H groups in total. The molecule has 0 fully saturated rings. The van der Waals surface area contributed by atoms with Gasteiger partial charge in [0.05, 0.1) is 0 Å². The van der Waals surface area contributed by atoms with Gasteiger partial charge in [-0.15, -0.1) is 0 Å². The average Bonchev–Trinajstić information content (AvgIpc) is 2.11. The summed E-state index contributed by atoms with van der Waals surface area (Å²) in [4.78, 5) is 0. The highest BCUT2D eigenvalue weighted by Gasteiger charge is 1.97. The van der Waals surface area contributed by atoms with E-state index in [2.05, 4.69) is 37.2 Å². The molecule has 0 saturated heterocycles. The van der Waals surface area contributed by atoms with E-state index in [1.807, 2.05) is 24.3 Å². The molecule has 1 aromatic rings. The fourth-order valence-electron chi connectivity index (χ4n) is 0.846. The molecule has 0 amide bonds. The van der Waals surface area contributed by atoms with E-state index in [9.17, 15) is 0 Å². The predicted molar refractivity (Wildman–Crippen MR) is 65.3 cm³/mol. The van der Waals surface area contributed by atoms with Crippen LogP contribution in [-0.4, -0.2) is 6.54 Å². The highest BCUT2D eigenvalue weighted by molar-refractivity contribution is 9.11. The van der Waals surface area contributed by atoms with Gasteiger partial charge in [-0.05, 0) is 34.1 Å². The van der Waals surface area contributed by atoms with Crippen molar-refractivity contribution in [2.24, 2.45) is 0 Å². The first-order valence-electron chi connectivity index (χ1n) is 3.68. The maximum Gasteiger partial charge on any atom is 0.0498 e. The molecule has 4 heteroatoms. The Hall–Kier alpha value is 0.01000. The summed E-state index contributed by atoms with van der Waals surface area (Å²) in [6, 6.07) is 5.97. The van der Waals surface area contributed by atoms with Crippen LogP contribution in [0.4, 0.5) is 5.69 Å². The van der Waals surface area contributed by atoms with E-state index in [4.69, 9.17) is 11.6 Å². The van der Waals surface area contributed by atoms with Crippen molar-refractivity contribution in [1.29, 1.82) is 0 Å². The van der Waals surface area contributed by atoms with Crippen LogP contribution in [0.25, 0.3) is 0 Å². The van der Waals surface area contributed by atoms with Gasteiger partial charge in [-0.3, -0.25) is 0 Å². The first-order valence-corrected chi connectivity index (χ1v) is 5.70. The molecule has 0 atom stereocenters. The summed E-state index contributed by atoms with van der Waals surface area (Å²) in [6.07, 6.45) is 1.84. The maximum atomic E-state index is 5.40. The molecule has 1 rings (SSSR count). The van der Waals surface area contributed by atoms with E-state index < -0.39 is 0 Å². The van der Waals surface area contributed by atoms with E-state index in [0.29, 0.717) is 0 Å². The van der Waals surface area contributed by atoms with Crippen LogP contribution >= 0.6 is 43.5 Å². The van der Waals surface area contributed by atoms with Crippen LogP contribution < -0.4 is 5.32 Å². The van der Waals surface area contributed by atoms with Gasteiger partial charge in [0.25, 0.3) is 0 Å². The van der Waals surface area contributed by atoms with Gasteiger partial charge in [0, 0.05) is 26.7 Å². The van der Waals surface area contributed by atoms with E-state index >= 15 is 0 Å². The Morgan fingerprint density at radius 3 is 2.85 bits per heavy atom. The van der Waals surface area contributed by atoms with Gasteiger partial charge in [0.2, 0.25) is 0 Å². The fourth-order valence-corrected chi connectivity index (χ4v) is 1.68. The van der Waals surface area contributed by atoms with Gasteiger partial charge in [0.15, 0.2) is 0 Å². The Morgan fingerprint density at radius 1 is 1.38 bits per heavy atom. The van der Waals surface area contributed by atoms with Crippen molar-refractivity contribution in [2.45, 2.75) is 0 Å². The Labute approximate surface area is 99.4 Å². The molecule has 0 aliphatic rings. The lowest BCUT2D eigenvalue weighted by Crippen LogP contribution is -1.98. The molecular weight excluding hydrogens is 317 g/mol. The summed E-state index contributed by atoms with van der Waals surface area (Å²) in [5.74, 6) is 0. The molecule has 0 bridgehead atoms. The molecule has 0 heterocycles. The molecule has 0 unspecified atom stereocenters. The molecule has 0 aliphatic heterocycles. The molecule has 0 aromatic heterocycles. The van der Waals surface area contributed by atoms with Gasteiger partial charge in [-0.1, -0.05) is 33.6 Å². The van der Waals surface area contributed by atoms with E-state index in [-0.39, 0.29) is 0 Å². The molecular formula is C9H8Br2ClN. The lowest BCUT2D eigenvalue weighted by atomic mass is 10.3. The van der Waals surface area contributed by atoms with Crippen LogP contribution in [0.1, 0.15) is 0 Å². The summed E-state index contributed by atoms with van der Waals surface area (Å²) in [5, 5.41) is 3.21. The molecule has 70 valence electrons. The minimum atomic E-state index is 0.721. The molecule has 0 radical (unpaired) electrons. The third-order valence-corrected chi connectivity index (χ3v) is 2.79. The first kappa shape index (κ1) is 11.1. The van der Waals surface area contributed by atoms with Gasteiger partial charge >= 0.3 is 0 Å². The summed E-state index contributed by atoms with van der Waals surface area (Å²) in [6.45, 7) is 0.721. The summed E-state index contributed by atoms with van der Waals surface area (Å²) < 4.78 is 2.09.